The lowest BCUT2D eigenvalue weighted by Gasteiger charge is -2.26. The summed E-state index contributed by atoms with van der Waals surface area (Å²) in [7, 11) is 0. The second-order valence-electron chi connectivity index (χ2n) is 14.4. The van der Waals surface area contributed by atoms with Crippen LogP contribution >= 0.6 is 11.3 Å². The molecule has 0 fully saturated rings. The number of thiophene rings is 1. The maximum absolute atomic E-state index is 6.34. The van der Waals surface area contributed by atoms with E-state index in [1.807, 2.05) is 30.3 Å². The molecule has 0 saturated heterocycles. The smallest absolute Gasteiger partial charge is 0.227 e. The fourth-order valence-corrected chi connectivity index (χ4v) is 9.24. The molecule has 0 aliphatic heterocycles. The number of hydrogen-bond donors (Lipinski definition) is 0. The zero-order valence-corrected chi connectivity index (χ0v) is 31.7. The Hall–Kier alpha value is -7.27. The highest BCUT2D eigenvalue weighted by Crippen LogP contribution is 2.44. The Balaban J connectivity index is 1.04. The first-order valence-electron chi connectivity index (χ1n) is 19.2. The van der Waals surface area contributed by atoms with Gasteiger partial charge < -0.3 is 9.32 Å². The zero-order valence-electron chi connectivity index (χ0n) is 30.8. The van der Waals surface area contributed by atoms with Gasteiger partial charge in [-0.2, -0.15) is 0 Å². The number of benzene rings is 9. The van der Waals surface area contributed by atoms with Crippen molar-refractivity contribution in [3.05, 3.63) is 206 Å². The minimum absolute atomic E-state index is 0.640. The molecule has 0 saturated carbocycles. The normalized spacial score (nSPS) is 11.5. The van der Waals surface area contributed by atoms with Crippen molar-refractivity contribution in [1.82, 2.24) is 4.98 Å². The van der Waals surface area contributed by atoms with E-state index in [0.29, 0.717) is 5.89 Å². The number of nitrogens with zero attached hydrogens (tertiary/aromatic N) is 2. The predicted molar refractivity (Wildman–Crippen MR) is 241 cm³/mol. The second kappa shape index (κ2) is 13.8. The third kappa shape index (κ3) is 5.95. The van der Waals surface area contributed by atoms with Gasteiger partial charge in [0.2, 0.25) is 5.89 Å². The quantitative estimate of drug-likeness (QED) is 0.163. The van der Waals surface area contributed by atoms with Crippen molar-refractivity contribution in [2.75, 3.05) is 4.90 Å². The lowest BCUT2D eigenvalue weighted by Crippen LogP contribution is -2.10. The Kier molecular flexibility index (Phi) is 8.01. The molecule has 0 amide bonds. The van der Waals surface area contributed by atoms with Gasteiger partial charge in [-0.1, -0.05) is 140 Å². The molecular formula is C53H34N2OS. The van der Waals surface area contributed by atoms with Gasteiger partial charge in [-0.25, -0.2) is 4.98 Å². The van der Waals surface area contributed by atoms with E-state index in [9.17, 15) is 0 Å². The van der Waals surface area contributed by atoms with E-state index >= 15 is 0 Å². The number of oxazole rings is 1. The first kappa shape index (κ1) is 33.1. The molecule has 0 N–H and O–H groups in total. The zero-order chi connectivity index (χ0) is 37.7. The molecule has 0 radical (unpaired) electrons. The molecule has 268 valence electrons. The monoisotopic (exact) mass is 746 g/mol. The largest absolute Gasteiger partial charge is 0.436 e. The molecule has 0 aliphatic carbocycles. The van der Waals surface area contributed by atoms with Gasteiger partial charge in [0.05, 0.1) is 0 Å². The van der Waals surface area contributed by atoms with Crippen LogP contribution in [0.5, 0.6) is 0 Å². The number of fused-ring (bicyclic) bond motifs is 5. The van der Waals surface area contributed by atoms with Crippen LogP contribution in [-0.4, -0.2) is 4.98 Å². The molecule has 0 spiro atoms. The first-order valence-corrected chi connectivity index (χ1v) is 20.0. The third-order valence-electron chi connectivity index (χ3n) is 10.9. The molecular weight excluding hydrogens is 713 g/mol. The maximum atomic E-state index is 6.34. The number of rotatable bonds is 7. The molecule has 0 unspecified atom stereocenters. The van der Waals surface area contributed by atoms with Gasteiger partial charge in [0.15, 0.2) is 5.58 Å². The number of hydrogen-bond acceptors (Lipinski definition) is 4. The minimum atomic E-state index is 0.640. The molecule has 3 nitrogen and oxygen atoms in total. The van der Waals surface area contributed by atoms with E-state index in [1.54, 1.807) is 11.3 Å². The van der Waals surface area contributed by atoms with E-state index < -0.39 is 0 Å². The van der Waals surface area contributed by atoms with Gasteiger partial charge in [0.25, 0.3) is 0 Å². The summed E-state index contributed by atoms with van der Waals surface area (Å²) in [5.41, 5.74) is 13.1. The standard InChI is InChI=1S/C53H34N2OS/c1-4-13-35(14-5-1)39-19-12-20-41(31-39)55(40-25-23-37(24-26-40)44-29-28-43(36-15-6-2-7-16-36)45-21-10-11-22-46(44)45)42-27-30-51-47(32-42)48-33-50-49(34-52(48)57-51)54-53(56-50)38-17-8-3-9-18-38/h1-34H. The van der Waals surface area contributed by atoms with Crippen molar-refractivity contribution < 1.29 is 4.42 Å². The average Bonchev–Trinajstić information content (AvgIpc) is 3.87. The van der Waals surface area contributed by atoms with E-state index in [2.05, 4.69) is 181 Å². The van der Waals surface area contributed by atoms with Crippen LogP contribution in [0.3, 0.4) is 0 Å². The first-order chi connectivity index (χ1) is 28.2. The van der Waals surface area contributed by atoms with E-state index in [0.717, 1.165) is 33.7 Å². The van der Waals surface area contributed by atoms with E-state index in [4.69, 9.17) is 9.40 Å². The highest BCUT2D eigenvalue weighted by Gasteiger charge is 2.18. The van der Waals surface area contributed by atoms with Crippen molar-refractivity contribution in [3.8, 4) is 44.8 Å². The highest BCUT2D eigenvalue weighted by molar-refractivity contribution is 7.25. The van der Waals surface area contributed by atoms with Gasteiger partial charge in [-0.05, 0) is 111 Å². The van der Waals surface area contributed by atoms with E-state index in [-0.39, 0.29) is 0 Å². The lowest BCUT2D eigenvalue weighted by atomic mass is 9.92. The van der Waals surface area contributed by atoms with Crippen LogP contribution in [0.4, 0.5) is 17.1 Å². The highest BCUT2D eigenvalue weighted by atomic mass is 32.1. The molecule has 0 bridgehead atoms. The van der Waals surface area contributed by atoms with Crippen molar-refractivity contribution in [3.63, 3.8) is 0 Å². The Morgan fingerprint density at radius 3 is 1.63 bits per heavy atom. The summed E-state index contributed by atoms with van der Waals surface area (Å²) in [6.07, 6.45) is 0. The third-order valence-corrected chi connectivity index (χ3v) is 12.0. The van der Waals surface area contributed by atoms with Crippen LogP contribution in [0.15, 0.2) is 211 Å². The van der Waals surface area contributed by atoms with Crippen LogP contribution < -0.4 is 4.90 Å². The van der Waals surface area contributed by atoms with Crippen LogP contribution in [0.25, 0.3) is 86.9 Å². The van der Waals surface area contributed by atoms with Gasteiger partial charge in [-0.15, -0.1) is 11.3 Å². The summed E-state index contributed by atoms with van der Waals surface area (Å²) >= 11 is 1.79. The second-order valence-corrected chi connectivity index (χ2v) is 15.4. The molecule has 0 aliphatic rings. The maximum Gasteiger partial charge on any atom is 0.227 e. The summed E-state index contributed by atoms with van der Waals surface area (Å²) in [6, 6.07) is 73.6. The summed E-state index contributed by atoms with van der Waals surface area (Å²) in [5.74, 6) is 0.640. The number of anilines is 3. The van der Waals surface area contributed by atoms with Crippen LogP contribution in [-0.2, 0) is 0 Å². The summed E-state index contributed by atoms with van der Waals surface area (Å²) in [5, 5.41) is 4.85. The van der Waals surface area contributed by atoms with Gasteiger partial charge >= 0.3 is 0 Å². The van der Waals surface area contributed by atoms with Crippen LogP contribution in [0, 0.1) is 0 Å². The molecule has 2 heterocycles. The molecule has 11 rings (SSSR count). The minimum Gasteiger partial charge on any atom is -0.436 e. The predicted octanol–water partition coefficient (Wildman–Crippen LogP) is 15.5. The molecule has 11 aromatic rings. The topological polar surface area (TPSA) is 29.3 Å². The molecule has 0 atom stereocenters. The Morgan fingerprint density at radius 1 is 0.368 bits per heavy atom. The van der Waals surface area contributed by atoms with Gasteiger partial charge in [-0.3, -0.25) is 0 Å². The van der Waals surface area contributed by atoms with Gasteiger partial charge in [0.1, 0.15) is 5.52 Å². The molecule has 57 heavy (non-hydrogen) atoms. The average molecular weight is 747 g/mol. The van der Waals surface area contributed by atoms with Crippen molar-refractivity contribution >= 4 is 70.4 Å². The van der Waals surface area contributed by atoms with Gasteiger partial charge in [0, 0.05) is 42.8 Å². The summed E-state index contributed by atoms with van der Waals surface area (Å²) in [6.45, 7) is 0. The Bertz CT molecular complexity index is 3220. The van der Waals surface area contributed by atoms with Crippen molar-refractivity contribution in [1.29, 1.82) is 0 Å². The number of aromatic nitrogens is 1. The Labute approximate surface area is 334 Å². The molecule has 2 aromatic heterocycles. The fourth-order valence-electron chi connectivity index (χ4n) is 8.14. The lowest BCUT2D eigenvalue weighted by molar-refractivity contribution is 0.620. The summed E-state index contributed by atoms with van der Waals surface area (Å²) in [4.78, 5) is 7.23. The Morgan fingerprint density at radius 2 is 0.930 bits per heavy atom. The van der Waals surface area contributed by atoms with Crippen molar-refractivity contribution in [2.24, 2.45) is 0 Å². The van der Waals surface area contributed by atoms with Crippen molar-refractivity contribution in [2.45, 2.75) is 0 Å². The van der Waals surface area contributed by atoms with Crippen LogP contribution in [0.2, 0.25) is 0 Å². The fraction of sp³-hybridized carbons (Fsp3) is 0. The SMILES string of the molecule is c1ccc(-c2cccc(N(c3ccc(-c4ccc(-c5ccccc5)c5ccccc45)cc3)c3ccc4sc5cc6nc(-c7ccccc7)oc6cc5c4c3)c2)cc1. The van der Waals surface area contributed by atoms with Crippen LogP contribution in [0.1, 0.15) is 0 Å². The molecule has 9 aromatic carbocycles. The molecule has 4 heteroatoms. The summed E-state index contributed by atoms with van der Waals surface area (Å²) < 4.78 is 8.75. The van der Waals surface area contributed by atoms with E-state index in [1.165, 1.54) is 64.3 Å².